The van der Waals surface area contributed by atoms with Crippen LogP contribution >= 0.6 is 11.8 Å². The van der Waals surface area contributed by atoms with Gasteiger partial charge in [0.1, 0.15) is 5.69 Å². The SMILES string of the molecule is O=C(NCc1ccc2c(c1)CCCS2)c1ccccn1. The van der Waals surface area contributed by atoms with Gasteiger partial charge in [0, 0.05) is 17.6 Å². The summed E-state index contributed by atoms with van der Waals surface area (Å²) in [6.07, 6.45) is 4.01. The van der Waals surface area contributed by atoms with Crippen LogP contribution in [0.5, 0.6) is 0 Å². The average Bonchev–Trinajstić information content (AvgIpc) is 2.53. The molecule has 0 unspecified atom stereocenters. The minimum Gasteiger partial charge on any atom is -0.347 e. The summed E-state index contributed by atoms with van der Waals surface area (Å²) < 4.78 is 0. The number of aryl methyl sites for hydroxylation is 1. The maximum Gasteiger partial charge on any atom is 0.270 e. The van der Waals surface area contributed by atoms with Crippen LogP contribution in [0, 0.1) is 0 Å². The third kappa shape index (κ3) is 3.02. The van der Waals surface area contributed by atoms with E-state index < -0.39 is 0 Å². The molecule has 1 amide bonds. The van der Waals surface area contributed by atoms with Crippen LogP contribution in [0.4, 0.5) is 0 Å². The van der Waals surface area contributed by atoms with Crippen LogP contribution in [-0.2, 0) is 13.0 Å². The van der Waals surface area contributed by atoms with E-state index in [1.54, 1.807) is 18.3 Å². The molecule has 20 heavy (non-hydrogen) atoms. The minimum absolute atomic E-state index is 0.127. The predicted octanol–water partition coefficient (Wildman–Crippen LogP) is 3.05. The summed E-state index contributed by atoms with van der Waals surface area (Å²) in [4.78, 5) is 17.4. The number of aromatic nitrogens is 1. The Morgan fingerprint density at radius 2 is 2.25 bits per heavy atom. The molecule has 1 aliphatic heterocycles. The summed E-state index contributed by atoms with van der Waals surface area (Å²) >= 11 is 1.92. The lowest BCUT2D eigenvalue weighted by molar-refractivity contribution is 0.0946. The zero-order chi connectivity index (χ0) is 13.8. The van der Waals surface area contributed by atoms with E-state index in [4.69, 9.17) is 0 Å². The first kappa shape index (κ1) is 13.2. The minimum atomic E-state index is -0.127. The Morgan fingerprint density at radius 1 is 1.30 bits per heavy atom. The summed E-state index contributed by atoms with van der Waals surface area (Å²) in [5.41, 5.74) is 3.02. The quantitative estimate of drug-likeness (QED) is 0.942. The monoisotopic (exact) mass is 284 g/mol. The zero-order valence-corrected chi connectivity index (χ0v) is 12.0. The van der Waals surface area contributed by atoms with Crippen molar-refractivity contribution in [1.29, 1.82) is 0 Å². The lowest BCUT2D eigenvalue weighted by Gasteiger charge is -2.16. The van der Waals surface area contributed by atoms with Gasteiger partial charge in [-0.3, -0.25) is 9.78 Å². The standard InChI is InChI=1S/C16H16N2OS/c19-16(14-5-1-2-8-17-14)18-11-12-6-7-15-13(10-12)4-3-9-20-15/h1-2,5-8,10H,3-4,9,11H2,(H,18,19). The van der Waals surface area contributed by atoms with E-state index in [1.807, 2.05) is 17.8 Å². The van der Waals surface area contributed by atoms with E-state index in [0.717, 1.165) is 12.0 Å². The van der Waals surface area contributed by atoms with Gasteiger partial charge in [0.05, 0.1) is 0 Å². The maximum atomic E-state index is 11.9. The van der Waals surface area contributed by atoms with Crippen molar-refractivity contribution in [2.75, 3.05) is 5.75 Å². The molecule has 0 bridgehead atoms. The fraction of sp³-hybridized carbons (Fsp3) is 0.250. The number of nitrogens with zero attached hydrogens (tertiary/aromatic N) is 1. The average molecular weight is 284 g/mol. The topological polar surface area (TPSA) is 42.0 Å². The van der Waals surface area contributed by atoms with Gasteiger partial charge in [-0.25, -0.2) is 0 Å². The van der Waals surface area contributed by atoms with Crippen LogP contribution in [0.25, 0.3) is 0 Å². The first-order valence-corrected chi connectivity index (χ1v) is 7.75. The van der Waals surface area contributed by atoms with Crippen molar-refractivity contribution in [3.8, 4) is 0 Å². The number of nitrogens with one attached hydrogen (secondary N) is 1. The fourth-order valence-corrected chi connectivity index (χ4v) is 3.31. The molecule has 1 aromatic heterocycles. The number of amides is 1. The molecule has 1 aromatic carbocycles. The van der Waals surface area contributed by atoms with Gasteiger partial charge < -0.3 is 5.32 Å². The molecule has 2 heterocycles. The van der Waals surface area contributed by atoms with Gasteiger partial charge in [-0.2, -0.15) is 0 Å². The Morgan fingerprint density at radius 3 is 3.10 bits per heavy atom. The maximum absolute atomic E-state index is 11.9. The number of carbonyl (C=O) groups excluding carboxylic acids is 1. The van der Waals surface area contributed by atoms with Crippen molar-refractivity contribution in [1.82, 2.24) is 10.3 Å². The van der Waals surface area contributed by atoms with Crippen LogP contribution in [-0.4, -0.2) is 16.6 Å². The molecule has 0 radical (unpaired) electrons. The van der Waals surface area contributed by atoms with Crippen molar-refractivity contribution in [2.45, 2.75) is 24.3 Å². The lowest BCUT2D eigenvalue weighted by Crippen LogP contribution is -2.23. The highest BCUT2D eigenvalue weighted by Gasteiger charge is 2.11. The number of fused-ring (bicyclic) bond motifs is 1. The van der Waals surface area contributed by atoms with Crippen molar-refractivity contribution >= 4 is 17.7 Å². The third-order valence-corrected chi connectivity index (χ3v) is 4.53. The number of hydrogen-bond donors (Lipinski definition) is 1. The van der Waals surface area contributed by atoms with Gasteiger partial charge in [0.25, 0.3) is 5.91 Å². The van der Waals surface area contributed by atoms with Gasteiger partial charge in [0.15, 0.2) is 0 Å². The van der Waals surface area contributed by atoms with Gasteiger partial charge in [-0.05, 0) is 47.9 Å². The van der Waals surface area contributed by atoms with E-state index >= 15 is 0 Å². The zero-order valence-electron chi connectivity index (χ0n) is 11.1. The molecule has 3 rings (SSSR count). The number of pyridine rings is 1. The Bertz CT molecular complexity index is 613. The Balaban J connectivity index is 1.65. The van der Waals surface area contributed by atoms with Crippen LogP contribution in [0.1, 0.15) is 28.0 Å². The molecule has 1 aliphatic rings. The van der Waals surface area contributed by atoms with E-state index in [2.05, 4.69) is 28.5 Å². The summed E-state index contributed by atoms with van der Waals surface area (Å²) in [5.74, 6) is 1.08. The number of benzene rings is 1. The van der Waals surface area contributed by atoms with Gasteiger partial charge in [-0.1, -0.05) is 18.2 Å². The van der Waals surface area contributed by atoms with E-state index in [-0.39, 0.29) is 5.91 Å². The number of thioether (sulfide) groups is 1. The highest BCUT2D eigenvalue weighted by molar-refractivity contribution is 7.99. The molecular weight excluding hydrogens is 268 g/mol. The second-order valence-electron chi connectivity index (χ2n) is 4.79. The van der Waals surface area contributed by atoms with Crippen molar-refractivity contribution in [3.63, 3.8) is 0 Å². The molecule has 0 saturated carbocycles. The third-order valence-electron chi connectivity index (χ3n) is 3.32. The Labute approximate surface area is 122 Å². The van der Waals surface area contributed by atoms with Crippen molar-refractivity contribution < 1.29 is 4.79 Å². The molecule has 1 N–H and O–H groups in total. The van der Waals surface area contributed by atoms with Gasteiger partial charge in [-0.15, -0.1) is 11.8 Å². The molecule has 0 fully saturated rings. The van der Waals surface area contributed by atoms with Crippen LogP contribution in [0.2, 0.25) is 0 Å². The first-order valence-electron chi connectivity index (χ1n) is 6.77. The second kappa shape index (κ2) is 6.09. The van der Waals surface area contributed by atoms with Gasteiger partial charge in [0.2, 0.25) is 0 Å². The number of carbonyl (C=O) groups is 1. The van der Waals surface area contributed by atoms with Crippen molar-refractivity contribution in [3.05, 3.63) is 59.4 Å². The Kier molecular flexibility index (Phi) is 4.02. The predicted molar refractivity (Wildman–Crippen MR) is 80.9 cm³/mol. The largest absolute Gasteiger partial charge is 0.347 e. The highest BCUT2D eigenvalue weighted by atomic mass is 32.2. The molecule has 4 heteroatoms. The van der Waals surface area contributed by atoms with Gasteiger partial charge >= 0.3 is 0 Å². The van der Waals surface area contributed by atoms with Crippen LogP contribution in [0.15, 0.2) is 47.5 Å². The Hall–Kier alpha value is -1.81. The van der Waals surface area contributed by atoms with E-state index in [0.29, 0.717) is 12.2 Å². The summed E-state index contributed by atoms with van der Waals surface area (Å²) in [7, 11) is 0. The molecule has 0 spiro atoms. The normalized spacial score (nSPS) is 13.6. The summed E-state index contributed by atoms with van der Waals surface area (Å²) in [6.45, 7) is 0.549. The van der Waals surface area contributed by atoms with Crippen LogP contribution in [0.3, 0.4) is 0 Å². The molecule has 0 atom stereocenters. The summed E-state index contributed by atoms with van der Waals surface area (Å²) in [5, 5.41) is 2.91. The molecule has 3 nitrogen and oxygen atoms in total. The van der Waals surface area contributed by atoms with Crippen molar-refractivity contribution in [2.24, 2.45) is 0 Å². The molecule has 2 aromatic rings. The second-order valence-corrected chi connectivity index (χ2v) is 5.93. The lowest BCUT2D eigenvalue weighted by atomic mass is 10.1. The molecule has 0 aliphatic carbocycles. The number of rotatable bonds is 3. The van der Waals surface area contributed by atoms with Crippen LogP contribution < -0.4 is 5.32 Å². The fourth-order valence-electron chi connectivity index (χ4n) is 2.29. The van der Waals surface area contributed by atoms with E-state index in [1.165, 1.54) is 22.6 Å². The molecule has 102 valence electrons. The highest BCUT2D eigenvalue weighted by Crippen LogP contribution is 2.30. The number of hydrogen-bond acceptors (Lipinski definition) is 3. The molecule has 0 saturated heterocycles. The van der Waals surface area contributed by atoms with E-state index in [9.17, 15) is 4.79 Å². The molecular formula is C16H16N2OS. The first-order chi connectivity index (χ1) is 9.83. The smallest absolute Gasteiger partial charge is 0.270 e. The summed E-state index contributed by atoms with van der Waals surface area (Å²) in [6, 6.07) is 11.8.